The van der Waals surface area contributed by atoms with Gasteiger partial charge in [0.25, 0.3) is 0 Å². The fourth-order valence-corrected chi connectivity index (χ4v) is 5.10. The Morgan fingerprint density at radius 2 is 2.12 bits per heavy atom. The first kappa shape index (κ1) is 23.2. The summed E-state index contributed by atoms with van der Waals surface area (Å²) in [5.74, 6) is 0.574. The molecular formula is C23H33N4O4P. The van der Waals surface area contributed by atoms with Crippen molar-refractivity contribution in [3.8, 4) is 0 Å². The van der Waals surface area contributed by atoms with Crippen LogP contribution in [-0.2, 0) is 20.5 Å². The Morgan fingerprint density at radius 1 is 1.34 bits per heavy atom. The van der Waals surface area contributed by atoms with Crippen molar-refractivity contribution in [3.05, 3.63) is 41.6 Å². The molecule has 4 rings (SSSR count). The maximum Gasteiger partial charge on any atom is 0.229 e. The number of hydrogen-bond donors (Lipinski definition) is 4. The minimum absolute atomic E-state index is 0.00780. The first-order valence-electron chi connectivity index (χ1n) is 11.2. The van der Waals surface area contributed by atoms with Crippen LogP contribution in [0.25, 0.3) is 0 Å². The van der Waals surface area contributed by atoms with E-state index < -0.39 is 13.6 Å². The number of rotatable bonds is 9. The second-order valence-corrected chi connectivity index (χ2v) is 13.0. The Balaban J connectivity index is 1.27. The third kappa shape index (κ3) is 6.07. The second kappa shape index (κ2) is 9.10. The van der Waals surface area contributed by atoms with Gasteiger partial charge in [-0.3, -0.25) is 15.2 Å². The molecule has 0 saturated heterocycles. The van der Waals surface area contributed by atoms with Crippen LogP contribution in [-0.4, -0.2) is 52.6 Å². The SMILES string of the molecule is CC1(NC(O)OC2CCC(c3cc(NC(=O)Cc4cccc(P(C)(C)=O)c4)n[nH]3)C2)CC1. The summed E-state index contributed by atoms with van der Waals surface area (Å²) in [6.07, 6.45) is 3.98. The van der Waals surface area contributed by atoms with Crippen molar-refractivity contribution in [1.29, 1.82) is 0 Å². The van der Waals surface area contributed by atoms with Crippen LogP contribution < -0.4 is 15.9 Å². The molecule has 0 bridgehead atoms. The lowest BCUT2D eigenvalue weighted by molar-refractivity contribution is -0.157. The number of anilines is 1. The summed E-state index contributed by atoms with van der Waals surface area (Å²) in [7, 11) is -2.36. The number of aromatic nitrogens is 2. The van der Waals surface area contributed by atoms with E-state index in [0.29, 0.717) is 5.82 Å². The molecule has 9 heteroatoms. The number of H-pyrrole nitrogens is 1. The summed E-state index contributed by atoms with van der Waals surface area (Å²) < 4.78 is 18.0. The molecule has 1 aromatic heterocycles. The monoisotopic (exact) mass is 460 g/mol. The summed E-state index contributed by atoms with van der Waals surface area (Å²) in [6.45, 7) is 5.53. The van der Waals surface area contributed by atoms with Gasteiger partial charge in [0.05, 0.1) is 12.5 Å². The highest BCUT2D eigenvalue weighted by molar-refractivity contribution is 7.70. The standard InChI is InChI=1S/C23H33N4O4P/c1-23(9-10-23)25-22(29)31-17-8-7-16(13-17)19-14-20(27-26-19)24-21(28)12-15-5-4-6-18(11-15)32(2,3)30/h4-6,11,14,16-17,22,25,29H,7-10,12-13H2,1-3H3,(H2,24,26,27,28). The van der Waals surface area contributed by atoms with Gasteiger partial charge in [-0.15, -0.1) is 0 Å². The molecular weight excluding hydrogens is 427 g/mol. The first-order chi connectivity index (χ1) is 15.1. The van der Waals surface area contributed by atoms with Crippen molar-refractivity contribution < 1.29 is 19.2 Å². The predicted octanol–water partition coefficient (Wildman–Crippen LogP) is 2.91. The highest BCUT2D eigenvalue weighted by atomic mass is 31.2. The van der Waals surface area contributed by atoms with Crippen LogP contribution in [0.5, 0.6) is 0 Å². The van der Waals surface area contributed by atoms with Crippen molar-refractivity contribution in [2.75, 3.05) is 18.6 Å². The Morgan fingerprint density at radius 3 is 2.84 bits per heavy atom. The van der Waals surface area contributed by atoms with Gasteiger partial charge >= 0.3 is 0 Å². The number of ether oxygens (including phenoxy) is 1. The fourth-order valence-electron chi connectivity index (χ4n) is 4.18. The smallest absolute Gasteiger partial charge is 0.229 e. The van der Waals surface area contributed by atoms with E-state index in [2.05, 4.69) is 27.8 Å². The van der Waals surface area contributed by atoms with Gasteiger partial charge in [0.2, 0.25) is 12.3 Å². The van der Waals surface area contributed by atoms with Crippen molar-refractivity contribution in [2.24, 2.45) is 0 Å². The maximum absolute atomic E-state index is 12.5. The van der Waals surface area contributed by atoms with Crippen LogP contribution in [0.4, 0.5) is 5.82 Å². The zero-order valence-electron chi connectivity index (χ0n) is 18.9. The Hall–Kier alpha value is -1.99. The quantitative estimate of drug-likeness (QED) is 0.338. The van der Waals surface area contributed by atoms with Gasteiger partial charge in [-0.25, -0.2) is 0 Å². The van der Waals surface area contributed by atoms with Crippen LogP contribution in [0.2, 0.25) is 0 Å². The lowest BCUT2D eigenvalue weighted by Gasteiger charge is -2.22. The summed E-state index contributed by atoms with van der Waals surface area (Å²) in [4.78, 5) is 12.5. The third-order valence-electron chi connectivity index (χ3n) is 6.38. The van der Waals surface area contributed by atoms with E-state index in [1.54, 1.807) is 13.3 Å². The second-order valence-electron chi connectivity index (χ2n) is 9.78. The van der Waals surface area contributed by atoms with Gasteiger partial charge in [-0.05, 0) is 64.0 Å². The van der Waals surface area contributed by atoms with E-state index in [1.807, 2.05) is 30.3 Å². The molecule has 0 radical (unpaired) electrons. The minimum atomic E-state index is -2.36. The Kier molecular flexibility index (Phi) is 6.59. The van der Waals surface area contributed by atoms with Crippen LogP contribution in [0, 0.1) is 0 Å². The molecule has 3 unspecified atom stereocenters. The van der Waals surface area contributed by atoms with Gasteiger partial charge in [0.15, 0.2) is 5.82 Å². The lowest BCUT2D eigenvalue weighted by atomic mass is 10.0. The van der Waals surface area contributed by atoms with E-state index in [0.717, 1.165) is 48.7 Å². The number of amides is 1. The molecule has 1 heterocycles. The highest BCUT2D eigenvalue weighted by Crippen LogP contribution is 2.38. The van der Waals surface area contributed by atoms with E-state index in [1.165, 1.54) is 0 Å². The van der Waals surface area contributed by atoms with E-state index in [4.69, 9.17) is 4.74 Å². The Bertz CT molecular complexity index is 1010. The van der Waals surface area contributed by atoms with Crippen molar-refractivity contribution in [1.82, 2.24) is 15.5 Å². The van der Waals surface area contributed by atoms with Gasteiger partial charge in [0, 0.05) is 28.5 Å². The summed E-state index contributed by atoms with van der Waals surface area (Å²) in [5.41, 5.74) is 1.80. The molecule has 1 aromatic carbocycles. The number of aromatic amines is 1. The van der Waals surface area contributed by atoms with E-state index >= 15 is 0 Å². The third-order valence-corrected chi connectivity index (χ3v) is 7.90. The number of carbonyl (C=O) groups is 1. The van der Waals surface area contributed by atoms with Crippen LogP contribution in [0.1, 0.15) is 56.2 Å². The molecule has 2 aliphatic rings. The highest BCUT2D eigenvalue weighted by Gasteiger charge is 2.39. The van der Waals surface area contributed by atoms with Crippen LogP contribution in [0.3, 0.4) is 0 Å². The summed E-state index contributed by atoms with van der Waals surface area (Å²) in [5, 5.41) is 24.1. The molecule has 32 heavy (non-hydrogen) atoms. The van der Waals surface area contributed by atoms with Gasteiger partial charge in [-0.2, -0.15) is 5.10 Å². The molecule has 2 aliphatic carbocycles. The molecule has 2 saturated carbocycles. The zero-order valence-corrected chi connectivity index (χ0v) is 19.8. The topological polar surface area (TPSA) is 116 Å². The molecule has 1 amide bonds. The van der Waals surface area contributed by atoms with Crippen LogP contribution >= 0.6 is 7.14 Å². The Labute approximate surface area is 188 Å². The molecule has 0 spiro atoms. The molecule has 0 aliphatic heterocycles. The average Bonchev–Trinajstić information content (AvgIpc) is 3.07. The summed E-state index contributed by atoms with van der Waals surface area (Å²) >= 11 is 0. The molecule has 2 aromatic rings. The zero-order chi connectivity index (χ0) is 22.9. The number of nitrogens with zero attached hydrogens (tertiary/aromatic N) is 1. The molecule has 2 fully saturated rings. The normalized spacial score (nSPS) is 23.1. The molecule has 4 N–H and O–H groups in total. The number of aliphatic hydroxyl groups is 1. The summed E-state index contributed by atoms with van der Waals surface area (Å²) in [6, 6.07) is 9.23. The van der Waals surface area contributed by atoms with Crippen molar-refractivity contribution >= 4 is 24.2 Å². The fraction of sp³-hybridized carbons (Fsp3) is 0.565. The first-order valence-corrected chi connectivity index (χ1v) is 13.8. The van der Waals surface area contributed by atoms with Gasteiger partial charge < -0.3 is 19.7 Å². The largest absolute Gasteiger partial charge is 0.356 e. The van der Waals surface area contributed by atoms with Gasteiger partial charge in [0.1, 0.15) is 7.14 Å². The number of hydrogen-bond acceptors (Lipinski definition) is 6. The lowest BCUT2D eigenvalue weighted by Crippen LogP contribution is -2.41. The van der Waals surface area contributed by atoms with Crippen LogP contribution in [0.15, 0.2) is 30.3 Å². The van der Waals surface area contributed by atoms with E-state index in [-0.39, 0.29) is 29.9 Å². The molecule has 174 valence electrons. The molecule has 3 atom stereocenters. The number of nitrogens with one attached hydrogen (secondary N) is 3. The number of aliphatic hydroxyl groups excluding tert-OH is 1. The average molecular weight is 461 g/mol. The minimum Gasteiger partial charge on any atom is -0.356 e. The number of carbonyl (C=O) groups excluding carboxylic acids is 1. The molecule has 8 nitrogen and oxygen atoms in total. The maximum atomic E-state index is 12.5. The van der Waals surface area contributed by atoms with E-state index in [9.17, 15) is 14.5 Å². The predicted molar refractivity (Wildman–Crippen MR) is 125 cm³/mol. The van der Waals surface area contributed by atoms with Crippen molar-refractivity contribution in [3.63, 3.8) is 0 Å². The number of benzene rings is 1. The van der Waals surface area contributed by atoms with Gasteiger partial charge in [-0.1, -0.05) is 18.2 Å². The van der Waals surface area contributed by atoms with Crippen molar-refractivity contribution in [2.45, 2.75) is 69.4 Å².